The smallest absolute Gasteiger partial charge is 0.230 e. The lowest BCUT2D eigenvalue weighted by molar-refractivity contribution is -0.119. The fraction of sp³-hybridized carbons (Fsp3) is 0.565. The highest BCUT2D eigenvalue weighted by atomic mass is 32.2. The van der Waals surface area contributed by atoms with Crippen LogP contribution >= 0.6 is 11.8 Å². The molecule has 0 unspecified atom stereocenters. The van der Waals surface area contributed by atoms with Crippen LogP contribution in [0.4, 0.5) is 0 Å². The fourth-order valence-electron chi connectivity index (χ4n) is 4.70. The highest BCUT2D eigenvalue weighted by Gasteiger charge is 2.38. The van der Waals surface area contributed by atoms with Crippen LogP contribution in [0, 0.1) is 0 Å². The van der Waals surface area contributed by atoms with E-state index in [1.807, 2.05) is 31.4 Å². The van der Waals surface area contributed by atoms with Gasteiger partial charge in [-0.3, -0.25) is 9.69 Å². The second-order valence-electron chi connectivity index (χ2n) is 8.30. The third-order valence-corrected chi connectivity index (χ3v) is 7.47. The summed E-state index contributed by atoms with van der Waals surface area (Å²) in [5.41, 5.74) is 2.30. The Labute approximate surface area is 183 Å². The van der Waals surface area contributed by atoms with Crippen molar-refractivity contribution in [2.45, 2.75) is 42.8 Å². The number of rotatable bonds is 7. The first-order valence-corrected chi connectivity index (χ1v) is 12.0. The minimum atomic E-state index is 0.0856. The number of ether oxygens (including phenoxy) is 1. The molecule has 1 aliphatic heterocycles. The topological polar surface area (TPSA) is 59.4 Å². The van der Waals surface area contributed by atoms with Gasteiger partial charge in [0.05, 0.1) is 30.9 Å². The summed E-state index contributed by atoms with van der Waals surface area (Å²) in [5, 5.41) is 4.10. The zero-order valence-corrected chi connectivity index (χ0v) is 18.6. The molecule has 1 saturated carbocycles. The summed E-state index contributed by atoms with van der Waals surface area (Å²) in [6.07, 6.45) is 8.01. The molecule has 0 radical (unpaired) electrons. The van der Waals surface area contributed by atoms with E-state index in [0.717, 1.165) is 49.3 Å². The van der Waals surface area contributed by atoms with Crippen molar-refractivity contribution in [3.05, 3.63) is 36.5 Å². The Bertz CT molecular complexity index is 827. The molecule has 1 aliphatic carbocycles. The van der Waals surface area contributed by atoms with Crippen LogP contribution in [0.1, 0.15) is 32.1 Å². The van der Waals surface area contributed by atoms with Gasteiger partial charge in [0.15, 0.2) is 5.16 Å². The number of thioether (sulfide) groups is 1. The van der Waals surface area contributed by atoms with Crippen molar-refractivity contribution in [1.29, 1.82) is 0 Å². The number of hydrogen-bond acceptors (Lipinski definition) is 5. The molecule has 2 aromatic rings. The van der Waals surface area contributed by atoms with Gasteiger partial charge in [-0.15, -0.1) is 0 Å². The fourth-order valence-corrected chi connectivity index (χ4v) is 5.48. The molecule has 0 spiro atoms. The number of nitrogens with zero attached hydrogens (tertiary/aromatic N) is 3. The van der Waals surface area contributed by atoms with Crippen molar-refractivity contribution in [3.8, 4) is 11.3 Å². The Morgan fingerprint density at radius 1 is 1.17 bits per heavy atom. The van der Waals surface area contributed by atoms with Gasteiger partial charge >= 0.3 is 0 Å². The van der Waals surface area contributed by atoms with Gasteiger partial charge in [0.1, 0.15) is 0 Å². The van der Waals surface area contributed by atoms with Gasteiger partial charge in [-0.1, -0.05) is 61.4 Å². The van der Waals surface area contributed by atoms with Crippen molar-refractivity contribution in [2.24, 2.45) is 7.05 Å². The third-order valence-electron chi connectivity index (χ3n) is 6.43. The average molecular weight is 429 g/mol. The molecule has 30 heavy (non-hydrogen) atoms. The molecule has 1 aromatic carbocycles. The van der Waals surface area contributed by atoms with Crippen molar-refractivity contribution in [3.63, 3.8) is 0 Å². The number of imidazole rings is 1. The van der Waals surface area contributed by atoms with Gasteiger partial charge in [-0.05, 0) is 18.4 Å². The Kier molecular flexibility index (Phi) is 7.12. The van der Waals surface area contributed by atoms with Crippen molar-refractivity contribution < 1.29 is 9.53 Å². The first-order valence-electron chi connectivity index (χ1n) is 11.0. The molecular formula is C23H32N4O2S. The Morgan fingerprint density at radius 3 is 2.63 bits per heavy atom. The lowest BCUT2D eigenvalue weighted by atomic mass is 9.79. The molecule has 1 amide bonds. The third kappa shape index (κ3) is 4.90. The van der Waals surface area contributed by atoms with Crippen molar-refractivity contribution >= 4 is 17.7 Å². The van der Waals surface area contributed by atoms with Crippen LogP contribution in [0.25, 0.3) is 11.3 Å². The number of carbonyl (C=O) groups excluding carboxylic acids is 1. The van der Waals surface area contributed by atoms with E-state index >= 15 is 0 Å². The average Bonchev–Trinajstić information content (AvgIpc) is 3.18. The summed E-state index contributed by atoms with van der Waals surface area (Å²) < 4.78 is 7.61. The van der Waals surface area contributed by atoms with Crippen LogP contribution in [0.15, 0.2) is 41.7 Å². The maximum Gasteiger partial charge on any atom is 0.230 e. The normalized spacial score (nSPS) is 19.5. The second-order valence-corrected chi connectivity index (χ2v) is 9.24. The van der Waals surface area contributed by atoms with Crippen molar-refractivity contribution in [1.82, 2.24) is 19.8 Å². The molecule has 7 heteroatoms. The molecule has 4 rings (SSSR count). The van der Waals surface area contributed by atoms with E-state index in [1.165, 1.54) is 43.9 Å². The number of amides is 1. The summed E-state index contributed by atoms with van der Waals surface area (Å²) in [5.74, 6) is 0.473. The minimum absolute atomic E-state index is 0.0856. The first-order chi connectivity index (χ1) is 14.7. The minimum Gasteiger partial charge on any atom is -0.379 e. The van der Waals surface area contributed by atoms with E-state index in [9.17, 15) is 4.79 Å². The van der Waals surface area contributed by atoms with E-state index in [4.69, 9.17) is 4.74 Å². The molecule has 6 nitrogen and oxygen atoms in total. The quantitative estimate of drug-likeness (QED) is 0.686. The lowest BCUT2D eigenvalue weighted by Crippen LogP contribution is -2.59. The molecule has 2 heterocycles. The molecule has 2 fully saturated rings. The van der Waals surface area contributed by atoms with E-state index in [-0.39, 0.29) is 11.4 Å². The Balaban J connectivity index is 1.33. The largest absolute Gasteiger partial charge is 0.379 e. The molecular weight excluding hydrogens is 396 g/mol. The van der Waals surface area contributed by atoms with Gasteiger partial charge in [0.25, 0.3) is 0 Å². The molecule has 1 saturated heterocycles. The van der Waals surface area contributed by atoms with Gasteiger partial charge in [-0.25, -0.2) is 4.98 Å². The molecule has 162 valence electrons. The molecule has 0 atom stereocenters. The first kappa shape index (κ1) is 21.4. The summed E-state index contributed by atoms with van der Waals surface area (Å²) in [4.78, 5) is 19.7. The van der Waals surface area contributed by atoms with Gasteiger partial charge in [0.2, 0.25) is 5.91 Å². The van der Waals surface area contributed by atoms with E-state index < -0.39 is 0 Å². The summed E-state index contributed by atoms with van der Waals surface area (Å²) in [7, 11) is 2.00. The van der Waals surface area contributed by atoms with Gasteiger partial charge in [0, 0.05) is 32.2 Å². The predicted molar refractivity (Wildman–Crippen MR) is 121 cm³/mol. The second kappa shape index (κ2) is 9.98. The van der Waals surface area contributed by atoms with E-state index in [2.05, 4.69) is 31.9 Å². The van der Waals surface area contributed by atoms with Crippen LogP contribution in [0.2, 0.25) is 0 Å². The van der Waals surface area contributed by atoms with Crippen LogP contribution in [-0.2, 0) is 16.6 Å². The number of hydrogen-bond donors (Lipinski definition) is 1. The predicted octanol–water partition coefficient (Wildman–Crippen LogP) is 3.33. The summed E-state index contributed by atoms with van der Waals surface area (Å²) in [6, 6.07) is 10.2. The molecule has 1 aromatic heterocycles. The van der Waals surface area contributed by atoms with E-state index in [1.54, 1.807) is 0 Å². The summed E-state index contributed by atoms with van der Waals surface area (Å²) in [6.45, 7) is 4.28. The number of aromatic nitrogens is 2. The zero-order chi connectivity index (χ0) is 20.8. The number of nitrogens with one attached hydrogen (secondary N) is 1. The van der Waals surface area contributed by atoms with Crippen molar-refractivity contribution in [2.75, 3.05) is 38.6 Å². The van der Waals surface area contributed by atoms with Crippen LogP contribution in [0.3, 0.4) is 0 Å². The Hall–Kier alpha value is -1.83. The standard InChI is InChI=1S/C23H32N4O2S/c1-26-20(19-8-4-2-5-9-19)16-24-22(26)30-17-21(28)25-18-23(10-6-3-7-11-23)27-12-14-29-15-13-27/h2,4-5,8-9,16H,3,6-7,10-15,17-18H2,1H3,(H,25,28). The van der Waals surface area contributed by atoms with E-state index in [0.29, 0.717) is 5.75 Å². The number of benzene rings is 1. The monoisotopic (exact) mass is 428 g/mol. The number of morpholine rings is 1. The van der Waals surface area contributed by atoms with Gasteiger partial charge < -0.3 is 14.6 Å². The summed E-state index contributed by atoms with van der Waals surface area (Å²) >= 11 is 1.50. The highest BCUT2D eigenvalue weighted by Crippen LogP contribution is 2.34. The Morgan fingerprint density at radius 2 is 1.90 bits per heavy atom. The maximum atomic E-state index is 12.7. The van der Waals surface area contributed by atoms with Gasteiger partial charge in [-0.2, -0.15) is 0 Å². The zero-order valence-electron chi connectivity index (χ0n) is 17.8. The molecule has 0 bridgehead atoms. The maximum absolute atomic E-state index is 12.7. The van der Waals surface area contributed by atoms with Crippen LogP contribution < -0.4 is 5.32 Å². The van der Waals surface area contributed by atoms with Crippen LogP contribution in [0.5, 0.6) is 0 Å². The number of carbonyl (C=O) groups is 1. The molecule has 2 aliphatic rings. The highest BCUT2D eigenvalue weighted by molar-refractivity contribution is 7.99. The lowest BCUT2D eigenvalue weighted by Gasteiger charge is -2.48. The molecule has 1 N–H and O–H groups in total. The SMILES string of the molecule is Cn1c(-c2ccccc2)cnc1SCC(=O)NCC1(N2CCOCC2)CCCCC1. The van der Waals surface area contributed by atoms with Crippen LogP contribution in [-0.4, -0.2) is 64.5 Å².